The van der Waals surface area contributed by atoms with Crippen LogP contribution in [0.2, 0.25) is 0 Å². The summed E-state index contributed by atoms with van der Waals surface area (Å²) in [6, 6.07) is 1.92. The van der Waals surface area contributed by atoms with Crippen molar-refractivity contribution in [3.8, 4) is 6.07 Å². The van der Waals surface area contributed by atoms with Crippen LogP contribution in [-0.2, 0) is 28.9 Å². The van der Waals surface area contributed by atoms with Gasteiger partial charge in [-0.05, 0) is 44.2 Å². The molecule has 0 unspecified atom stereocenters. The largest absolute Gasteiger partial charge is 0.462 e. The van der Waals surface area contributed by atoms with Gasteiger partial charge in [0.05, 0.1) is 24.9 Å². The fourth-order valence-corrected chi connectivity index (χ4v) is 4.67. The predicted molar refractivity (Wildman–Crippen MR) is 112 cm³/mol. The van der Waals surface area contributed by atoms with Crippen LogP contribution in [0.15, 0.2) is 18.0 Å². The fraction of sp³-hybridized carbons (Fsp3) is 0.400. The molecule has 0 radical (unpaired) electrons. The third-order valence-electron chi connectivity index (χ3n) is 4.52. The first-order chi connectivity index (χ1) is 14.1. The van der Waals surface area contributed by atoms with Crippen LogP contribution >= 0.6 is 22.9 Å². The molecule has 0 saturated heterocycles. The first kappa shape index (κ1) is 21.1. The molecule has 0 atom stereocenters. The van der Waals surface area contributed by atoms with Gasteiger partial charge in [0.15, 0.2) is 0 Å². The third kappa shape index (κ3) is 4.86. The number of rotatable bonds is 7. The molecule has 29 heavy (non-hydrogen) atoms. The number of esters is 1. The van der Waals surface area contributed by atoms with E-state index < -0.39 is 11.9 Å². The molecular weight excluding hydrogens is 412 g/mol. The summed E-state index contributed by atoms with van der Waals surface area (Å²) in [6.07, 6.45) is 8.45. The van der Waals surface area contributed by atoms with Crippen LogP contribution < -0.4 is 5.32 Å². The Kier molecular flexibility index (Phi) is 7.07. The van der Waals surface area contributed by atoms with Gasteiger partial charge in [0.25, 0.3) is 5.91 Å². The van der Waals surface area contributed by atoms with Crippen molar-refractivity contribution in [2.45, 2.75) is 39.2 Å². The number of thiophene rings is 1. The lowest BCUT2D eigenvalue weighted by atomic mass is 9.95. The Morgan fingerprint density at radius 1 is 1.45 bits per heavy atom. The summed E-state index contributed by atoms with van der Waals surface area (Å²) in [4.78, 5) is 26.3. The van der Waals surface area contributed by atoms with Crippen molar-refractivity contribution in [1.82, 2.24) is 9.78 Å². The molecule has 0 aromatic carbocycles. The van der Waals surface area contributed by atoms with Gasteiger partial charge in [-0.25, -0.2) is 4.79 Å². The summed E-state index contributed by atoms with van der Waals surface area (Å²) in [5.74, 6) is -0.593. The average Bonchev–Trinajstić information content (AvgIpc) is 3.30. The van der Waals surface area contributed by atoms with E-state index in [0.717, 1.165) is 36.1 Å². The number of carbonyl (C=O) groups is 2. The van der Waals surface area contributed by atoms with Crippen molar-refractivity contribution in [3.63, 3.8) is 0 Å². The molecule has 0 fully saturated rings. The number of fused-ring (bicyclic) bond motifs is 1. The fourth-order valence-electron chi connectivity index (χ4n) is 3.22. The van der Waals surface area contributed by atoms with Crippen LogP contribution in [-0.4, -0.2) is 34.1 Å². The molecular formula is C20H21ClN4O3S. The normalized spacial score (nSPS) is 13.5. The summed E-state index contributed by atoms with van der Waals surface area (Å²) in [5, 5.41) is 16.8. The lowest BCUT2D eigenvalue weighted by molar-refractivity contribution is -0.112. The SMILES string of the molecule is CCOC(=O)c1c(NC(=O)C(C#N)=Cc2cnn(CCCl)c2)sc2c1CCCC2. The minimum Gasteiger partial charge on any atom is -0.462 e. The summed E-state index contributed by atoms with van der Waals surface area (Å²) in [6.45, 7) is 2.54. The zero-order valence-corrected chi connectivity index (χ0v) is 17.6. The van der Waals surface area contributed by atoms with E-state index in [-0.39, 0.29) is 12.2 Å². The van der Waals surface area contributed by atoms with E-state index >= 15 is 0 Å². The highest BCUT2D eigenvalue weighted by molar-refractivity contribution is 7.17. The van der Waals surface area contributed by atoms with Crippen molar-refractivity contribution in [2.24, 2.45) is 0 Å². The standard InChI is InChI=1S/C20H21ClN4O3S/c1-2-28-20(27)17-15-5-3-4-6-16(15)29-19(17)24-18(26)14(10-22)9-13-11-23-25(12-13)8-7-21/h9,11-12H,2-8H2,1H3,(H,24,26). The van der Waals surface area contributed by atoms with Crippen LogP contribution in [0.4, 0.5) is 5.00 Å². The van der Waals surface area contributed by atoms with Crippen molar-refractivity contribution in [1.29, 1.82) is 5.26 Å². The Morgan fingerprint density at radius 2 is 2.24 bits per heavy atom. The Hall–Kier alpha value is -2.63. The van der Waals surface area contributed by atoms with Crippen molar-refractivity contribution in [2.75, 3.05) is 17.8 Å². The second-order valence-electron chi connectivity index (χ2n) is 6.49. The molecule has 0 bridgehead atoms. The second kappa shape index (κ2) is 9.72. The second-order valence-corrected chi connectivity index (χ2v) is 7.97. The molecule has 3 rings (SSSR count). The highest BCUT2D eigenvalue weighted by Gasteiger charge is 2.27. The summed E-state index contributed by atoms with van der Waals surface area (Å²) in [7, 11) is 0. The Morgan fingerprint density at radius 3 is 2.97 bits per heavy atom. The van der Waals surface area contributed by atoms with Crippen molar-refractivity contribution < 1.29 is 14.3 Å². The molecule has 0 saturated carbocycles. The smallest absolute Gasteiger partial charge is 0.341 e. The predicted octanol–water partition coefficient (Wildman–Crippen LogP) is 3.78. The minimum atomic E-state index is -0.568. The van der Waals surface area contributed by atoms with Gasteiger partial charge >= 0.3 is 5.97 Å². The number of carbonyl (C=O) groups excluding carboxylic acids is 2. The van der Waals surface area contributed by atoms with E-state index in [1.165, 1.54) is 17.4 Å². The molecule has 9 heteroatoms. The van der Waals surface area contributed by atoms with Gasteiger partial charge < -0.3 is 10.1 Å². The number of nitrogens with one attached hydrogen (secondary N) is 1. The zero-order valence-electron chi connectivity index (χ0n) is 16.0. The maximum absolute atomic E-state index is 12.7. The van der Waals surface area contributed by atoms with E-state index in [0.29, 0.717) is 28.6 Å². The Labute approximate surface area is 177 Å². The van der Waals surface area contributed by atoms with E-state index in [4.69, 9.17) is 16.3 Å². The lowest BCUT2D eigenvalue weighted by Gasteiger charge is -2.12. The number of nitrogens with zero attached hydrogens (tertiary/aromatic N) is 3. The first-order valence-electron chi connectivity index (χ1n) is 9.40. The molecule has 0 spiro atoms. The summed E-state index contributed by atoms with van der Waals surface area (Å²) < 4.78 is 6.83. The van der Waals surface area contributed by atoms with Crippen LogP contribution in [0, 0.1) is 11.3 Å². The molecule has 0 aliphatic heterocycles. The minimum absolute atomic E-state index is 0.0726. The monoisotopic (exact) mass is 432 g/mol. The number of aromatic nitrogens is 2. The van der Waals surface area contributed by atoms with E-state index in [9.17, 15) is 14.9 Å². The van der Waals surface area contributed by atoms with E-state index in [1.807, 2.05) is 6.07 Å². The van der Waals surface area contributed by atoms with Crippen molar-refractivity contribution >= 4 is 45.9 Å². The van der Waals surface area contributed by atoms with Gasteiger partial charge in [0.2, 0.25) is 0 Å². The number of nitriles is 1. The molecule has 7 nitrogen and oxygen atoms in total. The molecule has 2 aromatic heterocycles. The molecule has 1 aliphatic carbocycles. The zero-order chi connectivity index (χ0) is 20.8. The quantitative estimate of drug-likeness (QED) is 0.311. The Balaban J connectivity index is 1.86. The maximum Gasteiger partial charge on any atom is 0.341 e. The highest BCUT2D eigenvalue weighted by atomic mass is 35.5. The average molecular weight is 433 g/mol. The molecule has 152 valence electrons. The van der Waals surface area contributed by atoms with Crippen LogP contribution in [0.3, 0.4) is 0 Å². The number of halogens is 1. The molecule has 2 aromatic rings. The molecule has 1 N–H and O–H groups in total. The number of amides is 1. The van der Waals surface area contributed by atoms with Crippen LogP contribution in [0.1, 0.15) is 46.1 Å². The van der Waals surface area contributed by atoms with Gasteiger partial charge in [-0.3, -0.25) is 9.48 Å². The van der Waals surface area contributed by atoms with Gasteiger partial charge in [-0.2, -0.15) is 10.4 Å². The maximum atomic E-state index is 12.7. The number of alkyl halides is 1. The number of aryl methyl sites for hydroxylation is 2. The van der Waals surface area contributed by atoms with E-state index in [2.05, 4.69) is 10.4 Å². The summed E-state index contributed by atoms with van der Waals surface area (Å²) >= 11 is 7.08. The number of hydrogen-bond acceptors (Lipinski definition) is 6. The van der Waals surface area contributed by atoms with Crippen LogP contribution in [0.25, 0.3) is 6.08 Å². The Bertz CT molecular complexity index is 987. The molecule has 1 amide bonds. The highest BCUT2D eigenvalue weighted by Crippen LogP contribution is 2.38. The van der Waals surface area contributed by atoms with Crippen LogP contribution in [0.5, 0.6) is 0 Å². The third-order valence-corrected chi connectivity index (χ3v) is 5.90. The number of hydrogen-bond donors (Lipinski definition) is 1. The van der Waals surface area contributed by atoms with E-state index in [1.54, 1.807) is 24.0 Å². The van der Waals surface area contributed by atoms with Gasteiger partial charge in [-0.15, -0.1) is 22.9 Å². The van der Waals surface area contributed by atoms with Gasteiger partial charge in [-0.1, -0.05) is 0 Å². The summed E-state index contributed by atoms with van der Waals surface area (Å²) in [5.41, 5.74) is 1.93. The first-order valence-corrected chi connectivity index (χ1v) is 10.8. The topological polar surface area (TPSA) is 97.0 Å². The lowest BCUT2D eigenvalue weighted by Crippen LogP contribution is -2.16. The van der Waals surface area contributed by atoms with Gasteiger partial charge in [0.1, 0.15) is 16.6 Å². The number of anilines is 1. The molecule has 2 heterocycles. The number of ether oxygens (including phenoxy) is 1. The molecule has 1 aliphatic rings. The van der Waals surface area contributed by atoms with Crippen molar-refractivity contribution in [3.05, 3.63) is 39.5 Å². The van der Waals surface area contributed by atoms with Gasteiger partial charge in [0, 0.05) is 22.5 Å².